The minimum absolute atomic E-state index is 0.142. The van der Waals surface area contributed by atoms with Gasteiger partial charge in [-0.1, -0.05) is 34.6 Å². The van der Waals surface area contributed by atoms with Gasteiger partial charge in [0.25, 0.3) is 5.89 Å². The molecule has 0 aliphatic carbocycles. The van der Waals surface area contributed by atoms with Crippen LogP contribution in [0.2, 0.25) is 0 Å². The maximum Gasteiger partial charge on any atom is 0.280 e. The number of hydrogen-bond acceptors (Lipinski definition) is 8. The van der Waals surface area contributed by atoms with Crippen molar-refractivity contribution < 1.29 is 18.7 Å². The molecule has 2 aromatic heterocycles. The van der Waals surface area contributed by atoms with E-state index in [-0.39, 0.29) is 6.10 Å². The van der Waals surface area contributed by atoms with Crippen molar-refractivity contribution in [1.82, 2.24) is 25.1 Å². The molecule has 0 N–H and O–H groups in total. The highest BCUT2D eigenvalue weighted by atomic mass is 16.5. The predicted molar refractivity (Wildman–Crippen MR) is 110 cm³/mol. The Balaban J connectivity index is 1.38. The highest BCUT2D eigenvalue weighted by molar-refractivity contribution is 5.60. The van der Waals surface area contributed by atoms with Crippen LogP contribution in [0.1, 0.15) is 24.3 Å². The molecule has 4 aromatic rings. The molecule has 1 aliphatic heterocycles. The van der Waals surface area contributed by atoms with E-state index in [0.29, 0.717) is 37.2 Å². The third kappa shape index (κ3) is 3.75. The van der Waals surface area contributed by atoms with Gasteiger partial charge in [-0.25, -0.2) is 4.68 Å². The average molecular weight is 419 g/mol. The molecule has 5 rings (SSSR count). The minimum atomic E-state index is -0.142. The predicted octanol–water partition coefficient (Wildman–Crippen LogP) is 3.67. The standard InChI is InChI=1S/C22H21N5O4/c1-3-29-17-9-5-7-15(11-17)21-23-22(31-25-21)20-18-13-30-19(12-27(18)26-24-20)14-6-4-8-16(10-14)28-2/h4-11,19H,3,12-13H2,1-2H3. The van der Waals surface area contributed by atoms with E-state index in [1.807, 2.05) is 60.1 Å². The Morgan fingerprint density at radius 1 is 1.13 bits per heavy atom. The number of rotatable bonds is 6. The zero-order valence-electron chi connectivity index (χ0n) is 17.2. The van der Waals surface area contributed by atoms with E-state index in [9.17, 15) is 0 Å². The molecule has 0 amide bonds. The highest BCUT2D eigenvalue weighted by Gasteiger charge is 2.28. The number of aromatic nitrogens is 5. The summed E-state index contributed by atoms with van der Waals surface area (Å²) in [7, 11) is 1.65. The number of methoxy groups -OCH3 is 1. The van der Waals surface area contributed by atoms with Crippen LogP contribution < -0.4 is 9.47 Å². The summed E-state index contributed by atoms with van der Waals surface area (Å²) in [5, 5.41) is 12.7. The lowest BCUT2D eigenvalue weighted by Crippen LogP contribution is -2.22. The van der Waals surface area contributed by atoms with Crippen LogP contribution >= 0.6 is 0 Å². The average Bonchev–Trinajstić information content (AvgIpc) is 3.46. The lowest BCUT2D eigenvalue weighted by Gasteiger charge is -2.24. The first-order valence-corrected chi connectivity index (χ1v) is 10.0. The molecular formula is C22H21N5O4. The Morgan fingerprint density at radius 2 is 2.00 bits per heavy atom. The van der Waals surface area contributed by atoms with Crippen LogP contribution in [0.15, 0.2) is 53.1 Å². The fourth-order valence-electron chi connectivity index (χ4n) is 3.55. The van der Waals surface area contributed by atoms with Gasteiger partial charge in [-0.15, -0.1) is 5.10 Å². The number of hydrogen-bond donors (Lipinski definition) is 0. The van der Waals surface area contributed by atoms with Crippen molar-refractivity contribution in [1.29, 1.82) is 0 Å². The van der Waals surface area contributed by atoms with E-state index in [0.717, 1.165) is 28.3 Å². The normalized spacial score (nSPS) is 15.5. The highest BCUT2D eigenvalue weighted by Crippen LogP contribution is 2.32. The van der Waals surface area contributed by atoms with Crippen molar-refractivity contribution in [2.24, 2.45) is 0 Å². The second-order valence-electron chi connectivity index (χ2n) is 7.03. The molecule has 1 aliphatic rings. The lowest BCUT2D eigenvalue weighted by atomic mass is 10.1. The van der Waals surface area contributed by atoms with Gasteiger partial charge < -0.3 is 18.7 Å². The van der Waals surface area contributed by atoms with Crippen molar-refractivity contribution in [2.45, 2.75) is 26.2 Å². The molecule has 0 bridgehead atoms. The summed E-state index contributed by atoms with van der Waals surface area (Å²) in [6.45, 7) is 3.40. The van der Waals surface area contributed by atoms with Gasteiger partial charge in [-0.3, -0.25) is 0 Å². The van der Waals surface area contributed by atoms with E-state index >= 15 is 0 Å². The van der Waals surface area contributed by atoms with Crippen LogP contribution in [0.5, 0.6) is 11.5 Å². The third-order valence-corrected chi connectivity index (χ3v) is 5.10. The number of benzene rings is 2. The summed E-state index contributed by atoms with van der Waals surface area (Å²) in [6, 6.07) is 15.4. The van der Waals surface area contributed by atoms with Gasteiger partial charge >= 0.3 is 0 Å². The van der Waals surface area contributed by atoms with Crippen molar-refractivity contribution in [2.75, 3.05) is 13.7 Å². The monoisotopic (exact) mass is 419 g/mol. The van der Waals surface area contributed by atoms with Crippen molar-refractivity contribution in [3.8, 4) is 34.5 Å². The van der Waals surface area contributed by atoms with E-state index in [4.69, 9.17) is 18.7 Å². The Hall–Kier alpha value is -3.72. The van der Waals surface area contributed by atoms with Crippen LogP contribution in [-0.4, -0.2) is 38.9 Å². The molecule has 0 radical (unpaired) electrons. The van der Waals surface area contributed by atoms with Crippen LogP contribution in [-0.2, 0) is 17.9 Å². The molecule has 0 fully saturated rings. The maximum atomic E-state index is 6.08. The zero-order valence-corrected chi connectivity index (χ0v) is 17.2. The Morgan fingerprint density at radius 3 is 2.87 bits per heavy atom. The maximum absolute atomic E-state index is 6.08. The van der Waals surface area contributed by atoms with Gasteiger partial charge in [-0.2, -0.15) is 4.98 Å². The van der Waals surface area contributed by atoms with E-state index < -0.39 is 0 Å². The smallest absolute Gasteiger partial charge is 0.280 e. The van der Waals surface area contributed by atoms with Gasteiger partial charge in [0, 0.05) is 5.56 Å². The van der Waals surface area contributed by atoms with Crippen molar-refractivity contribution in [3.05, 3.63) is 59.8 Å². The fourth-order valence-corrected chi connectivity index (χ4v) is 3.55. The molecule has 1 atom stereocenters. The molecule has 31 heavy (non-hydrogen) atoms. The van der Waals surface area contributed by atoms with Gasteiger partial charge in [0.1, 0.15) is 17.6 Å². The van der Waals surface area contributed by atoms with Gasteiger partial charge in [0.15, 0.2) is 5.69 Å². The lowest BCUT2D eigenvalue weighted by molar-refractivity contribution is -0.00127. The summed E-state index contributed by atoms with van der Waals surface area (Å²) < 4.78 is 24.2. The van der Waals surface area contributed by atoms with Crippen molar-refractivity contribution >= 4 is 0 Å². The topological polar surface area (TPSA) is 97.3 Å². The Bertz CT molecular complexity index is 1200. The minimum Gasteiger partial charge on any atom is -0.497 e. The first-order chi connectivity index (χ1) is 15.2. The molecule has 158 valence electrons. The SMILES string of the molecule is CCOc1cccc(-c2noc(-c3nnn4c3COC(c3cccc(OC)c3)C4)n2)c1. The Labute approximate surface area is 178 Å². The number of fused-ring (bicyclic) bond motifs is 1. The molecule has 0 spiro atoms. The molecule has 0 saturated heterocycles. The van der Waals surface area contributed by atoms with E-state index in [2.05, 4.69) is 20.5 Å². The molecule has 9 nitrogen and oxygen atoms in total. The van der Waals surface area contributed by atoms with Crippen LogP contribution in [0.25, 0.3) is 23.0 Å². The van der Waals surface area contributed by atoms with Crippen LogP contribution in [0.3, 0.4) is 0 Å². The first-order valence-electron chi connectivity index (χ1n) is 10.0. The third-order valence-electron chi connectivity index (χ3n) is 5.10. The van der Waals surface area contributed by atoms with E-state index in [1.54, 1.807) is 7.11 Å². The molecule has 2 aromatic carbocycles. The Kier molecular flexibility index (Phi) is 5.09. The van der Waals surface area contributed by atoms with Gasteiger partial charge in [0.05, 0.1) is 32.6 Å². The van der Waals surface area contributed by atoms with Gasteiger partial charge in [0.2, 0.25) is 5.82 Å². The molecule has 9 heteroatoms. The summed E-state index contributed by atoms with van der Waals surface area (Å²) in [6.07, 6.45) is -0.142. The summed E-state index contributed by atoms with van der Waals surface area (Å²) in [5.41, 5.74) is 3.16. The summed E-state index contributed by atoms with van der Waals surface area (Å²) in [5.74, 6) is 2.31. The molecule has 3 heterocycles. The fraction of sp³-hybridized carbons (Fsp3) is 0.273. The quantitative estimate of drug-likeness (QED) is 0.467. The largest absolute Gasteiger partial charge is 0.497 e. The number of ether oxygens (including phenoxy) is 3. The molecule has 0 saturated carbocycles. The van der Waals surface area contributed by atoms with Crippen LogP contribution in [0, 0.1) is 0 Å². The van der Waals surface area contributed by atoms with Crippen molar-refractivity contribution in [3.63, 3.8) is 0 Å². The summed E-state index contributed by atoms with van der Waals surface area (Å²) in [4.78, 5) is 4.51. The van der Waals surface area contributed by atoms with Gasteiger partial charge in [-0.05, 0) is 36.8 Å². The molecule has 1 unspecified atom stereocenters. The zero-order chi connectivity index (χ0) is 21.2. The molecular weight excluding hydrogens is 398 g/mol. The second kappa shape index (κ2) is 8.19. The summed E-state index contributed by atoms with van der Waals surface area (Å²) >= 11 is 0. The second-order valence-corrected chi connectivity index (χ2v) is 7.03. The first kappa shape index (κ1) is 19.3. The number of nitrogens with zero attached hydrogens (tertiary/aromatic N) is 5. The van der Waals surface area contributed by atoms with Crippen LogP contribution in [0.4, 0.5) is 0 Å². The van der Waals surface area contributed by atoms with E-state index in [1.165, 1.54) is 0 Å².